The molecule has 0 unspecified atom stereocenters. The fourth-order valence-corrected chi connectivity index (χ4v) is 0.127. The van der Waals surface area contributed by atoms with Gasteiger partial charge >= 0.3 is 0 Å². The van der Waals surface area contributed by atoms with E-state index in [4.69, 9.17) is 5.26 Å². The van der Waals surface area contributed by atoms with Crippen molar-refractivity contribution in [1.82, 2.24) is 0 Å². The van der Waals surface area contributed by atoms with E-state index in [1.807, 2.05) is 0 Å². The smallest absolute Gasteiger partial charge is 0.0924 e. The van der Waals surface area contributed by atoms with Gasteiger partial charge in [0.1, 0.15) is 0 Å². The molecular formula is C3HBrN. The van der Waals surface area contributed by atoms with Crippen LogP contribution in [0.3, 0.4) is 0 Å². The van der Waals surface area contributed by atoms with Crippen LogP contribution >= 0.6 is 15.9 Å². The van der Waals surface area contributed by atoms with Gasteiger partial charge in [-0.3, -0.25) is 0 Å². The molecule has 0 aromatic carbocycles. The van der Waals surface area contributed by atoms with Crippen molar-refractivity contribution >= 4 is 15.9 Å². The molecule has 0 rings (SSSR count). The lowest BCUT2D eigenvalue weighted by atomic mass is 10.7. The molecule has 0 heterocycles. The molecule has 1 radical (unpaired) electrons. The van der Waals surface area contributed by atoms with E-state index in [2.05, 4.69) is 20.9 Å². The number of nitriles is 1. The molecule has 0 aliphatic heterocycles. The van der Waals surface area contributed by atoms with Crippen molar-refractivity contribution in [3.63, 3.8) is 0 Å². The third kappa shape index (κ3) is 3.71. The fourth-order valence-electron chi connectivity index (χ4n) is 0.0244. The van der Waals surface area contributed by atoms with E-state index in [-0.39, 0.29) is 0 Å². The van der Waals surface area contributed by atoms with E-state index in [1.54, 1.807) is 6.07 Å². The zero-order valence-corrected chi connectivity index (χ0v) is 3.99. The number of allylic oxidation sites excluding steroid dienone is 1. The second kappa shape index (κ2) is 3.71. The van der Waals surface area contributed by atoms with Gasteiger partial charge in [0.2, 0.25) is 0 Å². The third-order valence-corrected chi connectivity index (χ3v) is 0.348. The predicted octanol–water partition coefficient (Wildman–Crippen LogP) is 1.22. The van der Waals surface area contributed by atoms with Gasteiger partial charge < -0.3 is 0 Å². The van der Waals surface area contributed by atoms with Crippen LogP contribution in [0.15, 0.2) is 6.08 Å². The minimum Gasteiger partial charge on any atom is -0.193 e. The molecular weight excluding hydrogens is 130 g/mol. The van der Waals surface area contributed by atoms with Gasteiger partial charge in [0.25, 0.3) is 0 Å². The van der Waals surface area contributed by atoms with Crippen molar-refractivity contribution in [2.24, 2.45) is 0 Å². The predicted molar refractivity (Wildman–Crippen MR) is 22.4 cm³/mol. The number of nitrogens with zero attached hydrogens (tertiary/aromatic N) is 1. The Morgan fingerprint density at radius 1 is 1.80 bits per heavy atom. The summed E-state index contributed by atoms with van der Waals surface area (Å²) in [6.45, 7) is 0. The van der Waals surface area contributed by atoms with Gasteiger partial charge in [0.15, 0.2) is 0 Å². The molecule has 0 aliphatic carbocycles. The summed E-state index contributed by atoms with van der Waals surface area (Å²) in [5.74, 6) is 0. The monoisotopic (exact) mass is 130 g/mol. The van der Waals surface area contributed by atoms with Gasteiger partial charge in [-0.1, -0.05) is 0 Å². The normalized spacial score (nSPS) is 8.00. The molecule has 0 amide bonds. The molecule has 0 saturated carbocycles. The van der Waals surface area contributed by atoms with Gasteiger partial charge in [-0.15, -0.1) is 0 Å². The van der Waals surface area contributed by atoms with Gasteiger partial charge in [-0.05, 0) is 15.9 Å². The third-order valence-electron chi connectivity index (χ3n) is 0.119. The first kappa shape index (κ1) is 4.71. The van der Waals surface area contributed by atoms with Crippen LogP contribution in [-0.2, 0) is 0 Å². The summed E-state index contributed by atoms with van der Waals surface area (Å²) < 4.78 is 0. The first-order chi connectivity index (χ1) is 2.41. The fraction of sp³-hybridized carbons (Fsp3) is 0. The summed E-state index contributed by atoms with van der Waals surface area (Å²) in [7, 11) is 0. The van der Waals surface area contributed by atoms with Crippen molar-refractivity contribution in [3.05, 3.63) is 11.1 Å². The van der Waals surface area contributed by atoms with Gasteiger partial charge in [-0.25, -0.2) is 0 Å². The maximum Gasteiger partial charge on any atom is 0.0924 e. The highest BCUT2D eigenvalue weighted by atomic mass is 79.9. The van der Waals surface area contributed by atoms with E-state index in [0.717, 1.165) is 0 Å². The molecule has 5 heavy (non-hydrogen) atoms. The van der Waals surface area contributed by atoms with Crippen LogP contribution in [0.25, 0.3) is 0 Å². The summed E-state index contributed by atoms with van der Waals surface area (Å²) in [6, 6.07) is 1.73. The summed E-state index contributed by atoms with van der Waals surface area (Å²) in [4.78, 5) is 2.34. The minimum atomic E-state index is 1.22. The zero-order chi connectivity index (χ0) is 4.12. The molecule has 0 aromatic heterocycles. The second-order valence-electron chi connectivity index (χ2n) is 0.383. The second-order valence-corrected chi connectivity index (χ2v) is 0.840. The Hall–Kier alpha value is -0.290. The Labute approximate surface area is 39.0 Å². The highest BCUT2D eigenvalue weighted by molar-refractivity contribution is 9.10. The SMILES string of the molecule is N#C/C=[C]\Br. The van der Waals surface area contributed by atoms with Gasteiger partial charge in [0.05, 0.1) is 6.07 Å². The Bertz CT molecular complexity index is 69.5. The molecule has 0 saturated heterocycles. The Balaban J connectivity index is 3.04. The summed E-state index contributed by atoms with van der Waals surface area (Å²) in [5, 5.41) is 7.67. The Morgan fingerprint density at radius 2 is 2.40 bits per heavy atom. The van der Waals surface area contributed by atoms with E-state index in [9.17, 15) is 0 Å². The minimum absolute atomic E-state index is 1.22. The van der Waals surface area contributed by atoms with Crippen molar-refractivity contribution in [2.45, 2.75) is 0 Å². The van der Waals surface area contributed by atoms with Crippen LogP contribution in [0.1, 0.15) is 0 Å². The molecule has 2 heteroatoms. The van der Waals surface area contributed by atoms with Crippen LogP contribution in [0.2, 0.25) is 0 Å². The molecule has 0 fully saturated rings. The van der Waals surface area contributed by atoms with Crippen molar-refractivity contribution < 1.29 is 0 Å². The highest BCUT2D eigenvalue weighted by Crippen LogP contribution is 1.74. The Morgan fingerprint density at radius 3 is 2.40 bits per heavy atom. The average molecular weight is 131 g/mol. The number of rotatable bonds is 0. The Kier molecular flexibility index (Phi) is 3.49. The van der Waals surface area contributed by atoms with Crippen LogP contribution < -0.4 is 0 Å². The van der Waals surface area contributed by atoms with Gasteiger partial charge in [0, 0.05) is 11.1 Å². The van der Waals surface area contributed by atoms with Crippen molar-refractivity contribution in [2.75, 3.05) is 0 Å². The summed E-state index contributed by atoms with van der Waals surface area (Å²) in [5.41, 5.74) is 0. The molecule has 0 aromatic rings. The quantitative estimate of drug-likeness (QED) is 0.453. The van der Waals surface area contributed by atoms with Crippen LogP contribution in [0.5, 0.6) is 0 Å². The maximum atomic E-state index is 7.67. The first-order valence-electron chi connectivity index (χ1n) is 0.990. The topological polar surface area (TPSA) is 23.8 Å². The number of hydrogen-bond acceptors (Lipinski definition) is 1. The average Bonchev–Trinajstić information content (AvgIpc) is 1.41. The summed E-state index contributed by atoms with van der Waals surface area (Å²) >= 11 is 2.78. The number of hydrogen-bond donors (Lipinski definition) is 0. The van der Waals surface area contributed by atoms with Gasteiger partial charge in [-0.2, -0.15) is 5.26 Å². The first-order valence-corrected chi connectivity index (χ1v) is 1.78. The lowest BCUT2D eigenvalue weighted by Crippen LogP contribution is -1.32. The standard InChI is InChI=1S/C3HBrN/c4-2-1-3-5/h1H. The molecule has 1 nitrogen and oxygen atoms in total. The van der Waals surface area contributed by atoms with Crippen LogP contribution in [0, 0.1) is 16.3 Å². The zero-order valence-electron chi connectivity index (χ0n) is 2.40. The molecule has 0 bridgehead atoms. The summed E-state index contributed by atoms with van der Waals surface area (Å²) in [6.07, 6.45) is 1.22. The highest BCUT2D eigenvalue weighted by Gasteiger charge is 1.49. The van der Waals surface area contributed by atoms with Crippen molar-refractivity contribution in [3.8, 4) is 6.07 Å². The molecule has 0 spiro atoms. The van der Waals surface area contributed by atoms with E-state index in [1.165, 1.54) is 6.08 Å². The van der Waals surface area contributed by atoms with Crippen molar-refractivity contribution in [1.29, 1.82) is 5.26 Å². The largest absolute Gasteiger partial charge is 0.193 e. The lowest BCUT2D eigenvalue weighted by Gasteiger charge is -1.43. The van der Waals surface area contributed by atoms with Crippen LogP contribution in [0.4, 0.5) is 0 Å². The number of halogens is 1. The van der Waals surface area contributed by atoms with E-state index in [0.29, 0.717) is 0 Å². The molecule has 25 valence electrons. The maximum absolute atomic E-state index is 7.67. The van der Waals surface area contributed by atoms with E-state index >= 15 is 0 Å². The van der Waals surface area contributed by atoms with Crippen LogP contribution in [-0.4, -0.2) is 0 Å². The molecule has 0 atom stereocenters. The van der Waals surface area contributed by atoms with E-state index < -0.39 is 0 Å². The lowest BCUT2D eigenvalue weighted by molar-refractivity contribution is 1.53. The molecule has 0 aliphatic rings. The molecule has 0 N–H and O–H groups in total.